The normalized spacial score (nSPS) is 12.0. The molecule has 3 aromatic rings. The first-order valence-corrected chi connectivity index (χ1v) is 13.6. The first kappa shape index (κ1) is 28.1. The van der Waals surface area contributed by atoms with E-state index in [0.717, 1.165) is 16.4 Å². The molecule has 0 saturated carbocycles. The average molecular weight is 546 g/mol. The number of sulfonamides is 1. The van der Waals surface area contributed by atoms with Crippen molar-refractivity contribution < 1.29 is 22.4 Å². The third-order valence-electron chi connectivity index (χ3n) is 5.68. The number of nitrogens with zero attached hydrogens (tertiary/aromatic N) is 2. The van der Waals surface area contributed by atoms with Crippen LogP contribution in [0.5, 0.6) is 0 Å². The van der Waals surface area contributed by atoms with E-state index in [2.05, 4.69) is 5.32 Å². The van der Waals surface area contributed by atoms with E-state index in [1.807, 2.05) is 6.92 Å². The largest absolute Gasteiger partial charge is 0.354 e. The molecule has 0 unspecified atom stereocenters. The molecule has 196 valence electrons. The molecule has 37 heavy (non-hydrogen) atoms. The van der Waals surface area contributed by atoms with Gasteiger partial charge in [-0.2, -0.15) is 0 Å². The van der Waals surface area contributed by atoms with E-state index >= 15 is 0 Å². The Morgan fingerprint density at radius 3 is 2.30 bits per heavy atom. The summed E-state index contributed by atoms with van der Waals surface area (Å²) in [7, 11) is -4.19. The van der Waals surface area contributed by atoms with Crippen molar-refractivity contribution in [2.45, 2.75) is 37.8 Å². The van der Waals surface area contributed by atoms with Crippen LogP contribution in [0.2, 0.25) is 5.02 Å². The maximum absolute atomic E-state index is 13.7. The van der Waals surface area contributed by atoms with Crippen molar-refractivity contribution in [2.75, 3.05) is 17.4 Å². The summed E-state index contributed by atoms with van der Waals surface area (Å²) in [5, 5.41) is 3.24. The summed E-state index contributed by atoms with van der Waals surface area (Å²) in [4.78, 5) is 27.8. The van der Waals surface area contributed by atoms with E-state index in [-0.39, 0.29) is 23.0 Å². The number of benzene rings is 3. The van der Waals surface area contributed by atoms with Crippen LogP contribution in [0.1, 0.15) is 25.8 Å². The minimum absolute atomic E-state index is 0.0257. The van der Waals surface area contributed by atoms with Gasteiger partial charge in [-0.05, 0) is 67.4 Å². The minimum Gasteiger partial charge on any atom is -0.354 e. The van der Waals surface area contributed by atoms with Gasteiger partial charge in [-0.15, -0.1) is 0 Å². The maximum atomic E-state index is 13.7. The van der Waals surface area contributed by atoms with Crippen LogP contribution in [0.15, 0.2) is 83.8 Å². The minimum atomic E-state index is -4.19. The first-order valence-electron chi connectivity index (χ1n) is 11.8. The van der Waals surface area contributed by atoms with Crippen molar-refractivity contribution in [2.24, 2.45) is 0 Å². The second-order valence-corrected chi connectivity index (χ2v) is 10.7. The Bertz CT molecular complexity index is 1320. The molecule has 0 radical (unpaired) electrons. The predicted molar refractivity (Wildman–Crippen MR) is 142 cm³/mol. The summed E-state index contributed by atoms with van der Waals surface area (Å²) in [5.74, 6) is -1.52. The lowest BCUT2D eigenvalue weighted by Crippen LogP contribution is -2.51. The molecule has 0 aromatic heterocycles. The molecular weight excluding hydrogens is 517 g/mol. The fraction of sp³-hybridized carbons (Fsp3) is 0.259. The monoisotopic (exact) mass is 545 g/mol. The molecule has 3 rings (SSSR count). The highest BCUT2D eigenvalue weighted by molar-refractivity contribution is 7.92. The Morgan fingerprint density at radius 1 is 1.00 bits per heavy atom. The van der Waals surface area contributed by atoms with Gasteiger partial charge in [0.25, 0.3) is 10.0 Å². The van der Waals surface area contributed by atoms with Crippen molar-refractivity contribution in [3.8, 4) is 0 Å². The number of rotatable bonds is 11. The van der Waals surface area contributed by atoms with Crippen molar-refractivity contribution in [3.63, 3.8) is 0 Å². The lowest BCUT2D eigenvalue weighted by molar-refractivity contribution is -0.139. The van der Waals surface area contributed by atoms with Crippen molar-refractivity contribution in [3.05, 3.63) is 95.3 Å². The van der Waals surface area contributed by atoms with Gasteiger partial charge in [0.2, 0.25) is 11.8 Å². The van der Waals surface area contributed by atoms with Crippen molar-refractivity contribution in [1.29, 1.82) is 0 Å². The highest BCUT2D eigenvalue weighted by Gasteiger charge is 2.32. The third-order valence-corrected chi connectivity index (χ3v) is 7.71. The summed E-state index contributed by atoms with van der Waals surface area (Å²) in [6.07, 6.45) is 0.717. The number of amides is 2. The van der Waals surface area contributed by atoms with E-state index in [0.29, 0.717) is 23.6 Å². The molecule has 1 atom stereocenters. The van der Waals surface area contributed by atoms with E-state index in [1.54, 1.807) is 49.4 Å². The summed E-state index contributed by atoms with van der Waals surface area (Å²) in [6, 6.07) is 18.5. The number of nitrogens with one attached hydrogen (secondary N) is 1. The van der Waals surface area contributed by atoms with Gasteiger partial charge in [-0.3, -0.25) is 13.9 Å². The van der Waals surface area contributed by atoms with E-state index < -0.39 is 34.3 Å². The topological polar surface area (TPSA) is 86.8 Å². The number of carbonyl (C=O) groups excluding carboxylic acids is 2. The highest BCUT2D eigenvalue weighted by atomic mass is 35.5. The molecule has 0 spiro atoms. The zero-order valence-corrected chi connectivity index (χ0v) is 22.2. The summed E-state index contributed by atoms with van der Waals surface area (Å²) in [6.45, 7) is 3.36. The predicted octanol–water partition coefficient (Wildman–Crippen LogP) is 4.62. The summed E-state index contributed by atoms with van der Waals surface area (Å²) in [5.41, 5.74) is 0.791. The molecule has 7 nitrogen and oxygen atoms in total. The smallest absolute Gasteiger partial charge is 0.264 e. The van der Waals surface area contributed by atoms with Gasteiger partial charge in [0.15, 0.2) is 0 Å². The molecular formula is C27H29ClFN3O4S. The van der Waals surface area contributed by atoms with Gasteiger partial charge in [0, 0.05) is 18.1 Å². The Balaban J connectivity index is 2.00. The molecule has 0 heterocycles. The van der Waals surface area contributed by atoms with E-state index in [4.69, 9.17) is 11.6 Å². The SMILES string of the molecule is CCCNC(=O)[C@H](C)N(Cc1cccc(Cl)c1)C(=O)CN(c1ccc(F)cc1)S(=O)(=O)c1ccccc1. The zero-order valence-electron chi connectivity index (χ0n) is 20.6. The lowest BCUT2D eigenvalue weighted by Gasteiger charge is -2.32. The zero-order chi connectivity index (χ0) is 27.0. The standard InChI is InChI=1S/C27H29ClFN3O4S/c1-3-16-30-27(34)20(2)31(18-21-8-7-9-22(28)17-21)26(33)19-32(24-14-12-23(29)13-15-24)37(35,36)25-10-5-4-6-11-25/h4-15,17,20H,3,16,18-19H2,1-2H3,(H,30,34)/t20-/m0/s1. The Hall–Kier alpha value is -3.43. The molecule has 3 aromatic carbocycles. The number of anilines is 1. The second-order valence-electron chi connectivity index (χ2n) is 8.42. The van der Waals surface area contributed by atoms with Gasteiger partial charge in [0.1, 0.15) is 18.4 Å². The Morgan fingerprint density at radius 2 is 1.68 bits per heavy atom. The fourth-order valence-corrected chi connectivity index (χ4v) is 5.31. The van der Waals surface area contributed by atoms with Crippen LogP contribution in [0, 0.1) is 5.82 Å². The molecule has 0 saturated heterocycles. The van der Waals surface area contributed by atoms with Gasteiger partial charge in [-0.25, -0.2) is 12.8 Å². The Kier molecular flexibility index (Phi) is 9.66. The molecule has 0 aliphatic heterocycles. The first-order chi connectivity index (χ1) is 17.6. The lowest BCUT2D eigenvalue weighted by atomic mass is 10.1. The van der Waals surface area contributed by atoms with Crippen LogP contribution in [0.25, 0.3) is 0 Å². The number of halogens is 2. The quantitative estimate of drug-likeness (QED) is 0.381. The summed E-state index contributed by atoms with van der Waals surface area (Å²) < 4.78 is 41.7. The molecule has 1 N–H and O–H groups in total. The van der Waals surface area contributed by atoms with Gasteiger partial charge < -0.3 is 10.2 Å². The third kappa shape index (κ3) is 7.30. The van der Waals surface area contributed by atoms with Gasteiger partial charge in [0.05, 0.1) is 10.6 Å². The molecule has 2 amide bonds. The second kappa shape index (κ2) is 12.7. The van der Waals surface area contributed by atoms with Crippen molar-refractivity contribution >= 4 is 39.1 Å². The Labute approximate surface area is 221 Å². The molecule has 0 aliphatic carbocycles. The van der Waals surface area contributed by atoms with Gasteiger partial charge in [-0.1, -0.05) is 48.9 Å². The number of carbonyl (C=O) groups is 2. The summed E-state index contributed by atoms with van der Waals surface area (Å²) >= 11 is 6.12. The van der Waals surface area contributed by atoms with Crippen LogP contribution in [-0.4, -0.2) is 44.3 Å². The molecule has 10 heteroatoms. The average Bonchev–Trinajstić information content (AvgIpc) is 2.89. The van der Waals surface area contributed by atoms with Crippen LogP contribution in [0.3, 0.4) is 0 Å². The van der Waals surface area contributed by atoms with Crippen LogP contribution in [0.4, 0.5) is 10.1 Å². The van der Waals surface area contributed by atoms with Gasteiger partial charge >= 0.3 is 0 Å². The van der Waals surface area contributed by atoms with Crippen molar-refractivity contribution in [1.82, 2.24) is 10.2 Å². The van der Waals surface area contributed by atoms with Crippen LogP contribution in [-0.2, 0) is 26.2 Å². The fourth-order valence-electron chi connectivity index (χ4n) is 3.67. The highest BCUT2D eigenvalue weighted by Crippen LogP contribution is 2.25. The van der Waals surface area contributed by atoms with E-state index in [9.17, 15) is 22.4 Å². The van der Waals surface area contributed by atoms with Crippen LogP contribution < -0.4 is 9.62 Å². The number of hydrogen-bond donors (Lipinski definition) is 1. The number of hydrogen-bond acceptors (Lipinski definition) is 4. The molecule has 0 bridgehead atoms. The molecule has 0 fully saturated rings. The maximum Gasteiger partial charge on any atom is 0.264 e. The molecule has 0 aliphatic rings. The van der Waals surface area contributed by atoms with E-state index in [1.165, 1.54) is 29.2 Å². The van der Waals surface area contributed by atoms with Crippen LogP contribution >= 0.6 is 11.6 Å².